The van der Waals surface area contributed by atoms with Gasteiger partial charge in [0.05, 0.1) is 16.4 Å². The van der Waals surface area contributed by atoms with Gasteiger partial charge in [0.15, 0.2) is 0 Å². The Balaban J connectivity index is 1.29. The van der Waals surface area contributed by atoms with Crippen LogP contribution in [0.4, 0.5) is 0 Å². The largest absolute Gasteiger partial charge is 0.309 e. The number of nitrogens with zero attached hydrogens (tertiary/aromatic N) is 1. The smallest absolute Gasteiger partial charge is 0.0713 e. The number of rotatable bonds is 4. The van der Waals surface area contributed by atoms with Gasteiger partial charge < -0.3 is 4.57 Å². The fourth-order valence-electron chi connectivity index (χ4n) is 9.39. The van der Waals surface area contributed by atoms with Crippen molar-refractivity contribution in [1.29, 1.82) is 0 Å². The van der Waals surface area contributed by atoms with Gasteiger partial charge in [0, 0.05) is 26.3 Å². The summed E-state index contributed by atoms with van der Waals surface area (Å²) in [7, 11) is 0. The predicted octanol–water partition coefficient (Wildman–Crippen LogP) is 13.9. The second kappa shape index (κ2) is 11.6. The van der Waals surface area contributed by atoms with Crippen LogP contribution in [-0.2, 0) is 5.41 Å². The lowest BCUT2D eigenvalue weighted by Crippen LogP contribution is -2.28. The van der Waals surface area contributed by atoms with Crippen molar-refractivity contribution < 1.29 is 0 Å². The molecule has 10 aromatic rings. The van der Waals surface area contributed by atoms with Crippen molar-refractivity contribution in [2.24, 2.45) is 0 Å². The first-order valence-corrected chi connectivity index (χ1v) is 19.0. The molecule has 0 saturated heterocycles. The average Bonchev–Trinajstić information content (AvgIpc) is 3.72. The molecule has 1 aliphatic rings. The van der Waals surface area contributed by atoms with Crippen LogP contribution in [-0.4, -0.2) is 4.57 Å². The molecule has 1 heterocycles. The van der Waals surface area contributed by atoms with Crippen LogP contribution in [0.25, 0.3) is 71.3 Å². The second-order valence-corrected chi connectivity index (χ2v) is 15.0. The lowest BCUT2D eigenvalue weighted by atomic mass is 9.68. The molecule has 1 aliphatic carbocycles. The average molecular weight is 739 g/mol. The summed E-state index contributed by atoms with van der Waals surface area (Å²) in [5.74, 6) is 0. The minimum atomic E-state index is -0.441. The number of aromatic nitrogens is 1. The number of fused-ring (bicyclic) bond motifs is 10. The maximum Gasteiger partial charge on any atom is 0.0713 e. The Kier molecular flexibility index (Phi) is 6.68. The van der Waals surface area contributed by atoms with E-state index in [-0.39, 0.29) is 0 Å². The summed E-state index contributed by atoms with van der Waals surface area (Å²) in [5, 5.41) is 7.53. The van der Waals surface area contributed by atoms with Crippen LogP contribution in [0.2, 0.25) is 0 Å². The summed E-state index contributed by atoms with van der Waals surface area (Å²) >= 11 is 3.90. The van der Waals surface area contributed by atoms with Crippen molar-refractivity contribution in [1.82, 2.24) is 4.57 Å². The highest BCUT2D eigenvalue weighted by Crippen LogP contribution is 2.56. The first-order valence-electron chi connectivity index (χ1n) is 18.2. The fourth-order valence-corrected chi connectivity index (χ4v) is 9.88. The SMILES string of the molecule is Brc1ccccc1-c1cc2c(c3ccccc13)c1ccc3ccccc3c1n2-c1ccc2c(c1)-c1ccccc1C2(c1ccccc1)c1ccccc1. The maximum absolute atomic E-state index is 3.90. The zero-order valence-electron chi connectivity index (χ0n) is 28.8. The van der Waals surface area contributed by atoms with E-state index in [1.807, 2.05) is 0 Å². The van der Waals surface area contributed by atoms with Crippen molar-refractivity contribution in [3.05, 3.63) is 221 Å². The van der Waals surface area contributed by atoms with Crippen molar-refractivity contribution >= 4 is 59.3 Å². The molecule has 0 fully saturated rings. The van der Waals surface area contributed by atoms with Gasteiger partial charge in [-0.15, -0.1) is 0 Å². The van der Waals surface area contributed by atoms with Crippen LogP contribution in [0, 0.1) is 0 Å². The quantitative estimate of drug-likeness (QED) is 0.169. The fraction of sp³-hybridized carbons (Fsp3) is 0.0196. The Labute approximate surface area is 316 Å². The molecule has 9 aromatic carbocycles. The second-order valence-electron chi connectivity index (χ2n) is 14.1. The highest BCUT2D eigenvalue weighted by molar-refractivity contribution is 9.10. The van der Waals surface area contributed by atoms with E-state index in [4.69, 9.17) is 0 Å². The van der Waals surface area contributed by atoms with Gasteiger partial charge in [-0.1, -0.05) is 186 Å². The summed E-state index contributed by atoms with van der Waals surface area (Å²) in [6, 6.07) is 71.7. The number of hydrogen-bond acceptors (Lipinski definition) is 0. The molecule has 0 N–H and O–H groups in total. The standard InChI is InChI=1S/C51H32BrN/c52-47-26-14-12-23-40(47)43-32-48-49(41-24-10-9-21-38(41)43)42-29-27-33-15-7-8-20-37(33)50(42)53(48)36-28-30-46-44(31-36)39-22-11-13-25-45(39)51(46,34-16-3-1-4-17-34)35-18-5-2-6-19-35/h1-32H. The van der Waals surface area contributed by atoms with Crippen molar-refractivity contribution in [3.8, 4) is 27.9 Å². The zero-order valence-corrected chi connectivity index (χ0v) is 30.4. The highest BCUT2D eigenvalue weighted by Gasteiger charge is 2.46. The van der Waals surface area contributed by atoms with Crippen LogP contribution < -0.4 is 0 Å². The molecule has 0 spiro atoms. The molecular weight excluding hydrogens is 706 g/mol. The third kappa shape index (κ3) is 4.24. The molecule has 0 bridgehead atoms. The lowest BCUT2D eigenvalue weighted by Gasteiger charge is -2.33. The molecule has 1 nitrogen and oxygen atoms in total. The van der Waals surface area contributed by atoms with Crippen molar-refractivity contribution in [3.63, 3.8) is 0 Å². The minimum Gasteiger partial charge on any atom is -0.309 e. The Bertz CT molecular complexity index is 3020. The van der Waals surface area contributed by atoms with Gasteiger partial charge in [-0.3, -0.25) is 0 Å². The van der Waals surface area contributed by atoms with Crippen LogP contribution in [0.5, 0.6) is 0 Å². The Morgan fingerprint density at radius 2 is 1.00 bits per heavy atom. The van der Waals surface area contributed by atoms with E-state index in [9.17, 15) is 0 Å². The molecule has 0 aliphatic heterocycles. The molecule has 11 rings (SSSR count). The van der Waals surface area contributed by atoms with E-state index in [2.05, 4.69) is 215 Å². The highest BCUT2D eigenvalue weighted by atomic mass is 79.9. The van der Waals surface area contributed by atoms with Gasteiger partial charge in [0.25, 0.3) is 0 Å². The van der Waals surface area contributed by atoms with E-state index in [1.165, 1.54) is 87.9 Å². The number of hydrogen-bond donors (Lipinski definition) is 0. The van der Waals surface area contributed by atoms with E-state index < -0.39 is 5.41 Å². The third-order valence-corrected chi connectivity index (χ3v) is 12.2. The number of halogens is 1. The van der Waals surface area contributed by atoms with Gasteiger partial charge >= 0.3 is 0 Å². The third-order valence-electron chi connectivity index (χ3n) is 11.5. The van der Waals surface area contributed by atoms with E-state index in [0.29, 0.717) is 0 Å². The van der Waals surface area contributed by atoms with Crippen molar-refractivity contribution in [2.75, 3.05) is 0 Å². The van der Waals surface area contributed by atoms with Gasteiger partial charge in [-0.05, 0) is 84.9 Å². The van der Waals surface area contributed by atoms with Crippen LogP contribution in [0.3, 0.4) is 0 Å². The predicted molar refractivity (Wildman–Crippen MR) is 226 cm³/mol. The molecule has 0 radical (unpaired) electrons. The normalized spacial score (nSPS) is 13.2. The first kappa shape index (κ1) is 30.4. The molecule has 53 heavy (non-hydrogen) atoms. The summed E-state index contributed by atoms with van der Waals surface area (Å²) in [6.07, 6.45) is 0. The lowest BCUT2D eigenvalue weighted by molar-refractivity contribution is 0.768. The Morgan fingerprint density at radius 3 is 1.75 bits per heavy atom. The number of benzene rings is 9. The van der Waals surface area contributed by atoms with Gasteiger partial charge in [-0.2, -0.15) is 0 Å². The van der Waals surface area contributed by atoms with Crippen LogP contribution in [0.1, 0.15) is 22.3 Å². The summed E-state index contributed by atoms with van der Waals surface area (Å²) in [4.78, 5) is 0. The summed E-state index contributed by atoms with van der Waals surface area (Å²) in [6.45, 7) is 0. The molecule has 0 unspecified atom stereocenters. The maximum atomic E-state index is 3.90. The summed E-state index contributed by atoms with van der Waals surface area (Å²) < 4.78 is 3.62. The van der Waals surface area contributed by atoms with Gasteiger partial charge in [-0.25, -0.2) is 0 Å². The first-order chi connectivity index (χ1) is 26.2. The molecule has 0 amide bonds. The molecule has 0 saturated carbocycles. The van der Waals surface area contributed by atoms with E-state index in [0.717, 1.165) is 10.2 Å². The molecule has 1 aromatic heterocycles. The molecule has 248 valence electrons. The monoisotopic (exact) mass is 737 g/mol. The van der Waals surface area contributed by atoms with Crippen LogP contribution in [0.15, 0.2) is 199 Å². The van der Waals surface area contributed by atoms with Crippen molar-refractivity contribution in [2.45, 2.75) is 5.41 Å². The van der Waals surface area contributed by atoms with E-state index in [1.54, 1.807) is 0 Å². The van der Waals surface area contributed by atoms with E-state index >= 15 is 0 Å². The van der Waals surface area contributed by atoms with Gasteiger partial charge in [0.2, 0.25) is 0 Å². The Hall–Kier alpha value is -6.22. The topological polar surface area (TPSA) is 4.93 Å². The molecule has 2 heteroatoms. The zero-order chi connectivity index (χ0) is 35.1. The molecular formula is C51H32BrN. The summed E-state index contributed by atoms with van der Waals surface area (Å²) in [5.41, 5.74) is 13.3. The van der Waals surface area contributed by atoms with Gasteiger partial charge in [0.1, 0.15) is 0 Å². The van der Waals surface area contributed by atoms with Crippen LogP contribution >= 0.6 is 15.9 Å². The molecule has 0 atom stereocenters. The Morgan fingerprint density at radius 1 is 0.396 bits per heavy atom. The minimum absolute atomic E-state index is 0.441.